The lowest BCUT2D eigenvalue weighted by Gasteiger charge is -2.08. The first kappa shape index (κ1) is 8.69. The van der Waals surface area contributed by atoms with Crippen molar-refractivity contribution < 1.29 is 4.52 Å². The van der Waals surface area contributed by atoms with E-state index in [1.807, 2.05) is 6.92 Å². The normalized spacial score (nSPS) is 28.2. The number of nitrogens with zero attached hydrogens (tertiary/aromatic N) is 2. The molecule has 2 rings (SSSR count). The SMILES string of the molecule is CCc1noc(C2CCCC2N)n1. The van der Waals surface area contributed by atoms with Gasteiger partial charge in [-0.2, -0.15) is 4.98 Å². The molecular weight excluding hydrogens is 166 g/mol. The zero-order valence-corrected chi connectivity index (χ0v) is 7.86. The second-order valence-electron chi connectivity index (χ2n) is 3.60. The molecule has 1 fully saturated rings. The fourth-order valence-electron chi connectivity index (χ4n) is 1.86. The zero-order valence-electron chi connectivity index (χ0n) is 7.86. The molecular formula is C9H15N3O. The van der Waals surface area contributed by atoms with Crippen molar-refractivity contribution in [2.24, 2.45) is 5.73 Å². The van der Waals surface area contributed by atoms with Crippen molar-refractivity contribution in [3.05, 3.63) is 11.7 Å². The molecule has 0 aromatic carbocycles. The molecule has 1 saturated carbocycles. The summed E-state index contributed by atoms with van der Waals surface area (Å²) in [7, 11) is 0. The summed E-state index contributed by atoms with van der Waals surface area (Å²) in [4.78, 5) is 4.30. The topological polar surface area (TPSA) is 64.9 Å². The fraction of sp³-hybridized carbons (Fsp3) is 0.778. The van der Waals surface area contributed by atoms with Gasteiger partial charge >= 0.3 is 0 Å². The van der Waals surface area contributed by atoms with Crippen LogP contribution in [0.3, 0.4) is 0 Å². The summed E-state index contributed by atoms with van der Waals surface area (Å²) in [5.41, 5.74) is 5.93. The number of nitrogens with two attached hydrogens (primary N) is 1. The Balaban J connectivity index is 2.15. The van der Waals surface area contributed by atoms with Gasteiger partial charge in [-0.1, -0.05) is 18.5 Å². The van der Waals surface area contributed by atoms with Crippen LogP contribution in [0.2, 0.25) is 0 Å². The lowest BCUT2D eigenvalue weighted by atomic mass is 10.1. The van der Waals surface area contributed by atoms with Crippen molar-refractivity contribution >= 4 is 0 Å². The largest absolute Gasteiger partial charge is 0.339 e. The predicted molar refractivity (Wildman–Crippen MR) is 48.2 cm³/mol. The first-order valence-corrected chi connectivity index (χ1v) is 4.89. The predicted octanol–water partition coefficient (Wildman–Crippen LogP) is 1.23. The maximum Gasteiger partial charge on any atom is 0.231 e. The minimum atomic E-state index is 0.213. The van der Waals surface area contributed by atoms with Crippen molar-refractivity contribution in [2.45, 2.75) is 44.6 Å². The highest BCUT2D eigenvalue weighted by Crippen LogP contribution is 2.32. The Labute approximate surface area is 77.5 Å². The molecule has 1 heterocycles. The molecule has 0 saturated heterocycles. The van der Waals surface area contributed by atoms with Gasteiger partial charge < -0.3 is 10.3 Å². The number of rotatable bonds is 2. The van der Waals surface area contributed by atoms with Crippen LogP contribution in [0.5, 0.6) is 0 Å². The van der Waals surface area contributed by atoms with Crippen LogP contribution < -0.4 is 5.73 Å². The van der Waals surface area contributed by atoms with Gasteiger partial charge in [-0.05, 0) is 12.8 Å². The molecule has 72 valence electrons. The number of hydrogen-bond acceptors (Lipinski definition) is 4. The molecule has 4 nitrogen and oxygen atoms in total. The van der Waals surface area contributed by atoms with Crippen molar-refractivity contribution in [1.29, 1.82) is 0 Å². The molecule has 0 amide bonds. The smallest absolute Gasteiger partial charge is 0.231 e. The molecule has 1 aromatic heterocycles. The van der Waals surface area contributed by atoms with E-state index in [0.29, 0.717) is 5.92 Å². The highest BCUT2D eigenvalue weighted by Gasteiger charge is 2.29. The summed E-state index contributed by atoms with van der Waals surface area (Å²) in [6, 6.07) is 0.213. The van der Waals surface area contributed by atoms with E-state index in [4.69, 9.17) is 10.3 Å². The van der Waals surface area contributed by atoms with Crippen LogP contribution in [0.15, 0.2) is 4.52 Å². The summed E-state index contributed by atoms with van der Waals surface area (Å²) >= 11 is 0. The molecule has 1 aromatic rings. The van der Waals surface area contributed by atoms with Gasteiger partial charge in [-0.15, -0.1) is 0 Å². The lowest BCUT2D eigenvalue weighted by molar-refractivity contribution is 0.342. The summed E-state index contributed by atoms with van der Waals surface area (Å²) in [5.74, 6) is 1.82. The van der Waals surface area contributed by atoms with E-state index in [1.54, 1.807) is 0 Å². The third kappa shape index (κ3) is 1.58. The van der Waals surface area contributed by atoms with Gasteiger partial charge in [-0.25, -0.2) is 0 Å². The first-order valence-electron chi connectivity index (χ1n) is 4.89. The summed E-state index contributed by atoms with van der Waals surface area (Å²) in [5, 5.41) is 3.87. The standard InChI is InChI=1S/C9H15N3O/c1-2-8-11-9(13-12-8)6-4-3-5-7(6)10/h6-7H,2-5,10H2,1H3. The molecule has 2 atom stereocenters. The Morgan fingerprint density at radius 1 is 1.54 bits per heavy atom. The molecule has 2 N–H and O–H groups in total. The second kappa shape index (κ2) is 3.46. The average molecular weight is 181 g/mol. The van der Waals surface area contributed by atoms with Gasteiger partial charge in [0, 0.05) is 12.5 Å². The van der Waals surface area contributed by atoms with Crippen LogP contribution in [-0.4, -0.2) is 16.2 Å². The van der Waals surface area contributed by atoms with E-state index in [2.05, 4.69) is 10.1 Å². The van der Waals surface area contributed by atoms with Gasteiger partial charge in [0.1, 0.15) is 0 Å². The van der Waals surface area contributed by atoms with Crippen LogP contribution in [0.4, 0.5) is 0 Å². The maximum absolute atomic E-state index is 5.93. The second-order valence-corrected chi connectivity index (χ2v) is 3.60. The Bertz CT molecular complexity index is 284. The van der Waals surface area contributed by atoms with Crippen molar-refractivity contribution in [3.63, 3.8) is 0 Å². The van der Waals surface area contributed by atoms with Gasteiger partial charge in [0.2, 0.25) is 5.89 Å². The summed E-state index contributed by atoms with van der Waals surface area (Å²) in [6.07, 6.45) is 4.17. The van der Waals surface area contributed by atoms with E-state index in [1.165, 1.54) is 6.42 Å². The number of hydrogen-bond donors (Lipinski definition) is 1. The zero-order chi connectivity index (χ0) is 9.26. The Morgan fingerprint density at radius 3 is 2.92 bits per heavy atom. The first-order chi connectivity index (χ1) is 6.31. The van der Waals surface area contributed by atoms with Crippen LogP contribution in [0, 0.1) is 0 Å². The molecule has 13 heavy (non-hydrogen) atoms. The molecule has 0 spiro atoms. The van der Waals surface area contributed by atoms with Gasteiger partial charge in [0.05, 0.1) is 5.92 Å². The minimum absolute atomic E-state index is 0.213. The lowest BCUT2D eigenvalue weighted by Crippen LogP contribution is -2.22. The van der Waals surface area contributed by atoms with E-state index in [9.17, 15) is 0 Å². The van der Waals surface area contributed by atoms with E-state index in [-0.39, 0.29) is 6.04 Å². The Kier molecular flexibility index (Phi) is 2.31. The summed E-state index contributed by atoms with van der Waals surface area (Å²) in [6.45, 7) is 2.02. The molecule has 4 heteroatoms. The molecule has 1 aliphatic rings. The molecule has 0 radical (unpaired) electrons. The van der Waals surface area contributed by atoms with E-state index >= 15 is 0 Å². The van der Waals surface area contributed by atoms with Crippen LogP contribution in [0.1, 0.15) is 43.8 Å². The Morgan fingerprint density at radius 2 is 2.38 bits per heavy atom. The number of aryl methyl sites for hydroxylation is 1. The molecule has 2 unspecified atom stereocenters. The third-order valence-corrected chi connectivity index (χ3v) is 2.69. The van der Waals surface area contributed by atoms with Gasteiger partial charge in [0.25, 0.3) is 0 Å². The Hall–Kier alpha value is -0.900. The molecule has 1 aliphatic carbocycles. The minimum Gasteiger partial charge on any atom is -0.339 e. The van der Waals surface area contributed by atoms with Crippen LogP contribution in [-0.2, 0) is 6.42 Å². The monoisotopic (exact) mass is 181 g/mol. The maximum atomic E-state index is 5.93. The highest BCUT2D eigenvalue weighted by molar-refractivity contribution is 5.01. The van der Waals surface area contributed by atoms with Crippen LogP contribution >= 0.6 is 0 Å². The van der Waals surface area contributed by atoms with Crippen molar-refractivity contribution in [1.82, 2.24) is 10.1 Å². The molecule has 0 aliphatic heterocycles. The quantitative estimate of drug-likeness (QED) is 0.745. The summed E-state index contributed by atoms with van der Waals surface area (Å²) < 4.78 is 5.17. The third-order valence-electron chi connectivity index (χ3n) is 2.69. The van der Waals surface area contributed by atoms with Gasteiger partial charge in [-0.3, -0.25) is 0 Å². The average Bonchev–Trinajstić information content (AvgIpc) is 2.71. The fourth-order valence-corrected chi connectivity index (χ4v) is 1.86. The van der Waals surface area contributed by atoms with Gasteiger partial charge in [0.15, 0.2) is 5.82 Å². The highest BCUT2D eigenvalue weighted by atomic mass is 16.5. The van der Waals surface area contributed by atoms with Crippen LogP contribution in [0.25, 0.3) is 0 Å². The number of aromatic nitrogens is 2. The van der Waals surface area contributed by atoms with E-state index in [0.717, 1.165) is 31.0 Å². The van der Waals surface area contributed by atoms with E-state index < -0.39 is 0 Å². The molecule has 0 bridgehead atoms. The van der Waals surface area contributed by atoms with Crippen molar-refractivity contribution in [2.75, 3.05) is 0 Å². The van der Waals surface area contributed by atoms with Crippen molar-refractivity contribution in [3.8, 4) is 0 Å².